The summed E-state index contributed by atoms with van der Waals surface area (Å²) in [4.78, 5) is 52.8. The molecule has 0 atom stereocenters. The summed E-state index contributed by atoms with van der Waals surface area (Å²) in [6.45, 7) is 1.11. The molecule has 2 heterocycles. The van der Waals surface area contributed by atoms with E-state index in [-0.39, 0.29) is 42.4 Å². The maximum Gasteiger partial charge on any atom is 0.261 e. The van der Waals surface area contributed by atoms with Crippen LogP contribution in [0, 0.1) is 5.92 Å². The zero-order chi connectivity index (χ0) is 20.4. The molecule has 4 rings (SSSR count). The molecule has 6 heteroatoms. The number of hydrogen-bond donors (Lipinski definition) is 0. The lowest BCUT2D eigenvalue weighted by Gasteiger charge is -2.31. The van der Waals surface area contributed by atoms with E-state index in [0.717, 1.165) is 4.90 Å². The third-order valence-electron chi connectivity index (χ3n) is 5.70. The molecule has 2 aliphatic rings. The summed E-state index contributed by atoms with van der Waals surface area (Å²) in [7, 11) is 0. The molecule has 6 nitrogen and oxygen atoms in total. The maximum absolute atomic E-state index is 12.6. The summed E-state index contributed by atoms with van der Waals surface area (Å²) in [5.74, 6) is -0.718. The monoisotopic (exact) mass is 390 g/mol. The normalized spacial score (nSPS) is 16.8. The fraction of sp³-hybridized carbons (Fsp3) is 0.304. The van der Waals surface area contributed by atoms with Gasteiger partial charge in [0.05, 0.1) is 11.1 Å². The van der Waals surface area contributed by atoms with Gasteiger partial charge in [-0.05, 0) is 25.0 Å². The van der Waals surface area contributed by atoms with Gasteiger partial charge < -0.3 is 4.90 Å². The van der Waals surface area contributed by atoms with Crippen LogP contribution in [0.5, 0.6) is 0 Å². The van der Waals surface area contributed by atoms with Crippen LogP contribution < -0.4 is 0 Å². The van der Waals surface area contributed by atoms with Gasteiger partial charge in [0.15, 0.2) is 5.78 Å². The first-order valence-electron chi connectivity index (χ1n) is 9.88. The molecule has 0 aliphatic carbocycles. The fourth-order valence-electron chi connectivity index (χ4n) is 4.04. The van der Waals surface area contributed by atoms with Gasteiger partial charge in [-0.25, -0.2) is 0 Å². The number of amides is 3. The summed E-state index contributed by atoms with van der Waals surface area (Å²) in [5.41, 5.74) is 1.50. The number of Topliss-reactive ketones (excluding diaryl/α,β-unsaturated/α-hetero) is 1. The van der Waals surface area contributed by atoms with Crippen molar-refractivity contribution >= 4 is 23.5 Å². The van der Waals surface area contributed by atoms with Gasteiger partial charge in [0, 0.05) is 37.5 Å². The van der Waals surface area contributed by atoms with E-state index >= 15 is 0 Å². The van der Waals surface area contributed by atoms with E-state index in [1.54, 1.807) is 29.2 Å². The van der Waals surface area contributed by atoms with Crippen molar-refractivity contribution in [2.45, 2.75) is 19.3 Å². The van der Waals surface area contributed by atoms with E-state index < -0.39 is 0 Å². The van der Waals surface area contributed by atoms with Gasteiger partial charge in [0.25, 0.3) is 11.8 Å². The van der Waals surface area contributed by atoms with Crippen molar-refractivity contribution in [1.29, 1.82) is 0 Å². The van der Waals surface area contributed by atoms with E-state index in [9.17, 15) is 19.2 Å². The van der Waals surface area contributed by atoms with Gasteiger partial charge in [-0.2, -0.15) is 0 Å². The second-order valence-electron chi connectivity index (χ2n) is 7.44. The Hall–Kier alpha value is -3.28. The highest BCUT2D eigenvalue weighted by Gasteiger charge is 2.35. The van der Waals surface area contributed by atoms with Crippen molar-refractivity contribution in [3.05, 3.63) is 71.3 Å². The van der Waals surface area contributed by atoms with E-state index in [0.29, 0.717) is 42.6 Å². The lowest BCUT2D eigenvalue weighted by molar-refractivity contribution is -0.132. The third-order valence-corrected chi connectivity index (χ3v) is 5.70. The van der Waals surface area contributed by atoms with Crippen LogP contribution in [-0.4, -0.2) is 52.9 Å². The minimum Gasteiger partial charge on any atom is -0.343 e. The van der Waals surface area contributed by atoms with Crippen LogP contribution in [0.1, 0.15) is 50.3 Å². The predicted octanol–water partition coefficient (Wildman–Crippen LogP) is 2.79. The molecular formula is C23H22N2O4. The van der Waals surface area contributed by atoms with Crippen LogP contribution in [0.2, 0.25) is 0 Å². The quantitative estimate of drug-likeness (QED) is 0.581. The molecule has 3 amide bonds. The topological polar surface area (TPSA) is 74.8 Å². The maximum atomic E-state index is 12.6. The minimum absolute atomic E-state index is 0.0716. The average Bonchev–Trinajstić information content (AvgIpc) is 3.02. The predicted molar refractivity (Wildman–Crippen MR) is 107 cm³/mol. The molecule has 1 saturated heterocycles. The Labute approximate surface area is 169 Å². The largest absolute Gasteiger partial charge is 0.343 e. The van der Waals surface area contributed by atoms with Gasteiger partial charge in [-0.1, -0.05) is 42.5 Å². The van der Waals surface area contributed by atoms with Gasteiger partial charge >= 0.3 is 0 Å². The first-order valence-corrected chi connectivity index (χ1v) is 9.88. The number of carbonyl (C=O) groups is 4. The van der Waals surface area contributed by atoms with Crippen molar-refractivity contribution < 1.29 is 19.2 Å². The summed E-state index contributed by atoms with van der Waals surface area (Å²) < 4.78 is 0. The minimum atomic E-state index is -0.342. The number of rotatable bonds is 5. The molecule has 1 fully saturated rings. The molecule has 0 saturated carbocycles. The van der Waals surface area contributed by atoms with Crippen LogP contribution in [0.25, 0.3) is 0 Å². The van der Waals surface area contributed by atoms with E-state index in [1.807, 2.05) is 30.3 Å². The Morgan fingerprint density at radius 1 is 0.828 bits per heavy atom. The molecule has 0 unspecified atom stereocenters. The lowest BCUT2D eigenvalue weighted by Crippen LogP contribution is -2.42. The van der Waals surface area contributed by atoms with E-state index in [4.69, 9.17) is 0 Å². The molecule has 0 spiro atoms. The number of likely N-dealkylation sites (tertiary alicyclic amines) is 1. The molecule has 29 heavy (non-hydrogen) atoms. The molecule has 0 radical (unpaired) electrons. The van der Waals surface area contributed by atoms with Crippen molar-refractivity contribution in [1.82, 2.24) is 9.80 Å². The number of piperidine rings is 1. The number of hydrogen-bond acceptors (Lipinski definition) is 4. The summed E-state index contributed by atoms with van der Waals surface area (Å²) >= 11 is 0. The average molecular weight is 390 g/mol. The van der Waals surface area contributed by atoms with E-state index in [1.165, 1.54) is 0 Å². The molecular weight excluding hydrogens is 368 g/mol. The first kappa shape index (κ1) is 19.1. The number of benzene rings is 2. The fourth-order valence-corrected chi connectivity index (χ4v) is 4.04. The van der Waals surface area contributed by atoms with Crippen LogP contribution in [0.4, 0.5) is 0 Å². The van der Waals surface area contributed by atoms with Gasteiger partial charge in [-0.3, -0.25) is 24.1 Å². The lowest BCUT2D eigenvalue weighted by atomic mass is 9.89. The Kier molecular flexibility index (Phi) is 5.25. The first-order chi connectivity index (χ1) is 14.1. The molecule has 148 valence electrons. The van der Waals surface area contributed by atoms with Crippen LogP contribution in [0.3, 0.4) is 0 Å². The number of carbonyl (C=O) groups excluding carboxylic acids is 4. The van der Waals surface area contributed by atoms with Gasteiger partial charge in [0.2, 0.25) is 5.91 Å². The Balaban J connectivity index is 1.29. The molecule has 0 bridgehead atoms. The number of nitrogens with zero attached hydrogens (tertiary/aromatic N) is 2. The van der Waals surface area contributed by atoms with Gasteiger partial charge in [0.1, 0.15) is 0 Å². The van der Waals surface area contributed by atoms with Gasteiger partial charge in [-0.15, -0.1) is 0 Å². The highest BCUT2D eigenvalue weighted by atomic mass is 16.2. The standard InChI is InChI=1S/C23H22N2O4/c26-20(12-15-25-22(28)18-8-4-5-9-19(18)23(25)29)24-13-10-17(11-14-24)21(27)16-6-2-1-3-7-16/h1-9,17H,10-15H2. The van der Waals surface area contributed by atoms with Crippen molar-refractivity contribution in [3.8, 4) is 0 Å². The summed E-state index contributed by atoms with van der Waals surface area (Å²) in [6.07, 6.45) is 1.36. The number of fused-ring (bicyclic) bond motifs is 1. The molecule has 2 aromatic rings. The number of ketones is 1. The Morgan fingerprint density at radius 3 is 1.97 bits per heavy atom. The van der Waals surface area contributed by atoms with Crippen molar-refractivity contribution in [2.24, 2.45) is 5.92 Å². The van der Waals surface area contributed by atoms with E-state index in [2.05, 4.69) is 0 Å². The van der Waals surface area contributed by atoms with Crippen LogP contribution in [-0.2, 0) is 4.79 Å². The molecule has 2 aliphatic heterocycles. The zero-order valence-corrected chi connectivity index (χ0v) is 16.0. The van der Waals surface area contributed by atoms with Crippen molar-refractivity contribution in [2.75, 3.05) is 19.6 Å². The van der Waals surface area contributed by atoms with Crippen molar-refractivity contribution in [3.63, 3.8) is 0 Å². The number of imide groups is 1. The Morgan fingerprint density at radius 2 is 1.38 bits per heavy atom. The third kappa shape index (κ3) is 3.70. The highest BCUT2D eigenvalue weighted by Crippen LogP contribution is 2.24. The molecule has 2 aromatic carbocycles. The van der Waals surface area contributed by atoms with Crippen LogP contribution in [0.15, 0.2) is 54.6 Å². The Bertz CT molecular complexity index is 927. The van der Waals surface area contributed by atoms with Crippen LogP contribution >= 0.6 is 0 Å². The molecule has 0 aromatic heterocycles. The second kappa shape index (κ2) is 7.99. The second-order valence-corrected chi connectivity index (χ2v) is 7.44. The zero-order valence-electron chi connectivity index (χ0n) is 16.0. The molecule has 0 N–H and O–H groups in total. The highest BCUT2D eigenvalue weighted by molar-refractivity contribution is 6.21. The summed E-state index contributed by atoms with van der Waals surface area (Å²) in [6, 6.07) is 15.9. The smallest absolute Gasteiger partial charge is 0.261 e. The summed E-state index contributed by atoms with van der Waals surface area (Å²) in [5, 5.41) is 0. The SMILES string of the molecule is O=C(c1ccccc1)C1CCN(C(=O)CCN2C(=O)c3ccccc3C2=O)CC1.